The zero-order chi connectivity index (χ0) is 9.97. The highest BCUT2D eigenvalue weighted by atomic mass is 16.5. The average Bonchev–Trinajstić information content (AvgIpc) is 2.61. The molecule has 0 fully saturated rings. The number of fused-ring (bicyclic) bond motifs is 1. The van der Waals surface area contributed by atoms with E-state index in [1.165, 1.54) is 5.56 Å². The second-order valence-corrected chi connectivity index (χ2v) is 3.14. The van der Waals surface area contributed by atoms with E-state index in [9.17, 15) is 4.79 Å². The third kappa shape index (κ3) is 1.76. The predicted octanol–water partition coefficient (Wildman–Crippen LogP) is 1.72. The highest BCUT2D eigenvalue weighted by molar-refractivity contribution is 5.85. The number of rotatable bonds is 2. The zero-order valence-corrected chi connectivity index (χ0v) is 7.56. The molecule has 0 bridgehead atoms. The van der Waals surface area contributed by atoms with Gasteiger partial charge in [0.15, 0.2) is 0 Å². The van der Waals surface area contributed by atoms with Crippen molar-refractivity contribution in [2.24, 2.45) is 0 Å². The van der Waals surface area contributed by atoms with E-state index in [0.717, 1.165) is 30.4 Å². The van der Waals surface area contributed by atoms with E-state index in [2.05, 4.69) is 0 Å². The first-order chi connectivity index (χ1) is 6.75. The lowest BCUT2D eigenvalue weighted by Crippen LogP contribution is -1.87. The number of hydrogen-bond donors (Lipinski definition) is 1. The molecule has 1 N–H and O–H groups in total. The zero-order valence-electron chi connectivity index (χ0n) is 7.56. The summed E-state index contributed by atoms with van der Waals surface area (Å²) in [4.78, 5) is 10.3. The molecule has 1 aromatic carbocycles. The summed E-state index contributed by atoms with van der Waals surface area (Å²) in [5, 5.41) is 8.45. The van der Waals surface area contributed by atoms with Crippen molar-refractivity contribution >= 4 is 12.0 Å². The van der Waals surface area contributed by atoms with Gasteiger partial charge in [-0.15, -0.1) is 0 Å². The molecule has 1 aliphatic rings. The molecule has 0 aromatic heterocycles. The quantitative estimate of drug-likeness (QED) is 0.722. The van der Waals surface area contributed by atoms with Gasteiger partial charge in [-0.3, -0.25) is 0 Å². The first-order valence-corrected chi connectivity index (χ1v) is 4.42. The second-order valence-electron chi connectivity index (χ2n) is 3.14. The number of carboxylic acid groups (broad SMARTS) is 1. The Labute approximate surface area is 81.6 Å². The maximum Gasteiger partial charge on any atom is 0.328 e. The fourth-order valence-corrected chi connectivity index (χ4v) is 1.45. The lowest BCUT2D eigenvalue weighted by Gasteiger charge is -1.99. The molecule has 0 radical (unpaired) electrons. The first kappa shape index (κ1) is 8.81. The summed E-state index contributed by atoms with van der Waals surface area (Å²) >= 11 is 0. The standard InChI is InChI=1S/C11H10O3/c12-11(13)4-2-8-1-3-9-5-6-14-10(9)7-8/h1-4,7H,5-6H2,(H,12,13)/b4-2+. The van der Waals surface area contributed by atoms with Crippen LogP contribution in [0.1, 0.15) is 11.1 Å². The van der Waals surface area contributed by atoms with Crippen LogP contribution in [0.3, 0.4) is 0 Å². The van der Waals surface area contributed by atoms with Crippen molar-refractivity contribution < 1.29 is 14.6 Å². The normalized spacial score (nSPS) is 14.0. The number of carbonyl (C=O) groups is 1. The van der Waals surface area contributed by atoms with Gasteiger partial charge in [-0.05, 0) is 23.3 Å². The lowest BCUT2D eigenvalue weighted by atomic mass is 10.1. The predicted molar refractivity (Wildman–Crippen MR) is 52.3 cm³/mol. The Morgan fingerprint density at radius 1 is 1.50 bits per heavy atom. The van der Waals surface area contributed by atoms with E-state index in [1.54, 1.807) is 6.08 Å². The van der Waals surface area contributed by atoms with E-state index >= 15 is 0 Å². The van der Waals surface area contributed by atoms with Gasteiger partial charge < -0.3 is 9.84 Å². The molecule has 0 unspecified atom stereocenters. The summed E-state index contributed by atoms with van der Waals surface area (Å²) < 4.78 is 5.36. The van der Waals surface area contributed by atoms with Crippen molar-refractivity contribution in [1.82, 2.24) is 0 Å². The molecule has 0 saturated carbocycles. The molecule has 14 heavy (non-hydrogen) atoms. The van der Waals surface area contributed by atoms with Crippen molar-refractivity contribution in [1.29, 1.82) is 0 Å². The second kappa shape index (κ2) is 3.54. The summed E-state index contributed by atoms with van der Waals surface area (Å²) in [5.41, 5.74) is 2.05. The van der Waals surface area contributed by atoms with Gasteiger partial charge in [-0.1, -0.05) is 12.1 Å². The molecule has 72 valence electrons. The molecule has 0 aliphatic carbocycles. The topological polar surface area (TPSA) is 46.5 Å². The van der Waals surface area contributed by atoms with Crippen molar-refractivity contribution in [3.63, 3.8) is 0 Å². The van der Waals surface area contributed by atoms with Crippen molar-refractivity contribution in [3.8, 4) is 5.75 Å². The van der Waals surface area contributed by atoms with Gasteiger partial charge >= 0.3 is 5.97 Å². The monoisotopic (exact) mass is 190 g/mol. The number of carboxylic acids is 1. The summed E-state index contributed by atoms with van der Waals surface area (Å²) in [6.07, 6.45) is 3.62. The van der Waals surface area contributed by atoms with Crippen LogP contribution < -0.4 is 4.74 Å². The van der Waals surface area contributed by atoms with Crippen LogP contribution in [0.2, 0.25) is 0 Å². The summed E-state index contributed by atoms with van der Waals surface area (Å²) in [6.45, 7) is 0.724. The van der Waals surface area contributed by atoms with Gasteiger partial charge in [0.1, 0.15) is 5.75 Å². The van der Waals surface area contributed by atoms with Gasteiger partial charge in [0.25, 0.3) is 0 Å². The maximum absolute atomic E-state index is 10.3. The number of hydrogen-bond acceptors (Lipinski definition) is 2. The average molecular weight is 190 g/mol. The van der Waals surface area contributed by atoms with E-state index in [0.29, 0.717) is 0 Å². The van der Waals surface area contributed by atoms with E-state index in [4.69, 9.17) is 9.84 Å². The van der Waals surface area contributed by atoms with Gasteiger partial charge in [0.05, 0.1) is 6.61 Å². The third-order valence-corrected chi connectivity index (χ3v) is 2.14. The minimum Gasteiger partial charge on any atom is -0.493 e. The van der Waals surface area contributed by atoms with Crippen LogP contribution in [0, 0.1) is 0 Å². The minimum absolute atomic E-state index is 0.724. The molecular formula is C11H10O3. The molecule has 0 atom stereocenters. The molecule has 0 saturated heterocycles. The Kier molecular flexibility index (Phi) is 2.23. The Hall–Kier alpha value is -1.77. The van der Waals surface area contributed by atoms with Crippen LogP contribution in [-0.4, -0.2) is 17.7 Å². The molecule has 3 nitrogen and oxygen atoms in total. The van der Waals surface area contributed by atoms with Gasteiger partial charge in [-0.2, -0.15) is 0 Å². The Morgan fingerprint density at radius 2 is 2.36 bits per heavy atom. The highest BCUT2D eigenvalue weighted by Gasteiger charge is 2.10. The van der Waals surface area contributed by atoms with Gasteiger partial charge in [-0.25, -0.2) is 4.79 Å². The summed E-state index contributed by atoms with van der Waals surface area (Å²) in [6, 6.07) is 5.73. The third-order valence-electron chi connectivity index (χ3n) is 2.14. The smallest absolute Gasteiger partial charge is 0.328 e. The fraction of sp³-hybridized carbons (Fsp3) is 0.182. The molecule has 2 rings (SSSR count). The summed E-state index contributed by atoms with van der Waals surface area (Å²) in [7, 11) is 0. The van der Waals surface area contributed by atoms with Crippen LogP contribution in [0.25, 0.3) is 6.08 Å². The van der Waals surface area contributed by atoms with Crippen LogP contribution in [0.4, 0.5) is 0 Å². The number of benzene rings is 1. The SMILES string of the molecule is O=C(O)/C=C/c1ccc2c(c1)OCC2. The first-order valence-electron chi connectivity index (χ1n) is 4.42. The molecule has 0 amide bonds. The Bertz CT molecular complexity index is 394. The van der Waals surface area contributed by atoms with E-state index in [1.807, 2.05) is 18.2 Å². The Balaban J connectivity index is 2.25. The molecule has 1 heterocycles. The largest absolute Gasteiger partial charge is 0.493 e. The number of aliphatic carboxylic acids is 1. The van der Waals surface area contributed by atoms with E-state index in [-0.39, 0.29) is 0 Å². The van der Waals surface area contributed by atoms with Gasteiger partial charge in [0.2, 0.25) is 0 Å². The molecule has 0 spiro atoms. The molecule has 1 aromatic rings. The van der Waals surface area contributed by atoms with Crippen LogP contribution in [0.5, 0.6) is 5.75 Å². The molecule has 3 heteroatoms. The van der Waals surface area contributed by atoms with Crippen molar-refractivity contribution in [2.75, 3.05) is 6.61 Å². The van der Waals surface area contributed by atoms with E-state index < -0.39 is 5.97 Å². The van der Waals surface area contributed by atoms with Crippen LogP contribution in [-0.2, 0) is 11.2 Å². The van der Waals surface area contributed by atoms with Crippen molar-refractivity contribution in [2.45, 2.75) is 6.42 Å². The van der Waals surface area contributed by atoms with Crippen molar-refractivity contribution in [3.05, 3.63) is 35.4 Å². The molecule has 1 aliphatic heterocycles. The van der Waals surface area contributed by atoms with Crippen LogP contribution in [0.15, 0.2) is 24.3 Å². The minimum atomic E-state index is -0.939. The van der Waals surface area contributed by atoms with Gasteiger partial charge in [0, 0.05) is 12.5 Å². The van der Waals surface area contributed by atoms with Crippen LogP contribution >= 0.6 is 0 Å². The molecular weight excluding hydrogens is 180 g/mol. The lowest BCUT2D eigenvalue weighted by molar-refractivity contribution is -0.131. The fourth-order valence-electron chi connectivity index (χ4n) is 1.45. The Morgan fingerprint density at radius 3 is 3.14 bits per heavy atom. The maximum atomic E-state index is 10.3. The highest BCUT2D eigenvalue weighted by Crippen LogP contribution is 2.26. The summed E-state index contributed by atoms with van der Waals surface area (Å²) in [5.74, 6) is -0.0658. The number of ether oxygens (including phenoxy) is 1.